The normalized spacial score (nSPS) is 21.4. The number of carbonyl (C=O) groups is 1. The first-order chi connectivity index (χ1) is 10.1. The fraction of sp³-hybridized carbons (Fsp3) is 0.706. The van der Waals surface area contributed by atoms with E-state index >= 15 is 0 Å². The highest BCUT2D eigenvalue weighted by molar-refractivity contribution is 5.83. The quantitative estimate of drug-likeness (QED) is 0.609. The Morgan fingerprint density at radius 1 is 1.24 bits per heavy atom. The Morgan fingerprint density at radius 3 is 2.57 bits per heavy atom. The number of nitrogens with one attached hydrogen (secondary N) is 1. The van der Waals surface area contributed by atoms with Crippen LogP contribution in [0.25, 0.3) is 0 Å². The third kappa shape index (κ3) is 5.54. The lowest BCUT2D eigenvalue weighted by atomic mass is 9.92. The van der Waals surface area contributed by atoms with Gasteiger partial charge in [-0.25, -0.2) is 0 Å². The summed E-state index contributed by atoms with van der Waals surface area (Å²) in [5, 5.41) is 11.5. The second kappa shape index (κ2) is 9.61. The highest BCUT2D eigenvalue weighted by Crippen LogP contribution is 2.35. The van der Waals surface area contributed by atoms with Crippen molar-refractivity contribution in [3.05, 3.63) is 24.5 Å². The van der Waals surface area contributed by atoms with Crippen molar-refractivity contribution in [3.63, 3.8) is 0 Å². The van der Waals surface area contributed by atoms with Crippen molar-refractivity contribution in [3.8, 4) is 0 Å². The van der Waals surface area contributed by atoms with Gasteiger partial charge in [-0.3, -0.25) is 4.79 Å². The molecule has 1 aliphatic rings. The summed E-state index contributed by atoms with van der Waals surface area (Å²) in [6.07, 6.45) is 7.98. The second-order valence-corrected chi connectivity index (χ2v) is 5.65. The van der Waals surface area contributed by atoms with Gasteiger partial charge in [0, 0.05) is 12.1 Å². The number of rotatable bonds is 10. The fourth-order valence-electron chi connectivity index (χ4n) is 2.69. The molecule has 2 atom stereocenters. The maximum absolute atomic E-state index is 12.1. The summed E-state index contributed by atoms with van der Waals surface area (Å²) in [4.78, 5) is 12.1. The molecule has 1 aliphatic heterocycles. The zero-order valence-electron chi connectivity index (χ0n) is 13.2. The summed E-state index contributed by atoms with van der Waals surface area (Å²) in [6.45, 7) is 10.1. The summed E-state index contributed by atoms with van der Waals surface area (Å²) >= 11 is 0. The van der Waals surface area contributed by atoms with Crippen molar-refractivity contribution in [2.45, 2.75) is 58.0 Å². The minimum absolute atomic E-state index is 0.0607. The number of aliphatic hydroxyl groups excluding tert-OH is 1. The van der Waals surface area contributed by atoms with Crippen LogP contribution in [0.3, 0.4) is 0 Å². The van der Waals surface area contributed by atoms with Gasteiger partial charge in [-0.2, -0.15) is 0 Å². The standard InChI is InChI=1S/C17H29NO3/c1-4-5-6-7-8-9-10-15-16(13(2)14(3)21-15)17(20)18-11-12-19/h15-16,19H,2-12H2,1H3,(H,18,20)/t15-,16?/m1/s1. The molecule has 0 saturated carbocycles. The molecule has 120 valence electrons. The Morgan fingerprint density at radius 2 is 1.90 bits per heavy atom. The van der Waals surface area contributed by atoms with E-state index in [0.717, 1.165) is 12.8 Å². The van der Waals surface area contributed by atoms with Gasteiger partial charge in [-0.1, -0.05) is 52.2 Å². The van der Waals surface area contributed by atoms with Crippen LogP contribution in [-0.2, 0) is 9.53 Å². The molecule has 1 saturated heterocycles. The Bertz CT molecular complexity index is 365. The van der Waals surface area contributed by atoms with E-state index in [1.54, 1.807) is 0 Å². The maximum Gasteiger partial charge on any atom is 0.231 e. The third-order valence-electron chi connectivity index (χ3n) is 3.93. The van der Waals surface area contributed by atoms with Crippen molar-refractivity contribution >= 4 is 5.91 Å². The minimum atomic E-state index is -0.361. The Kier molecular flexibility index (Phi) is 8.13. The molecule has 1 unspecified atom stereocenters. The zero-order valence-corrected chi connectivity index (χ0v) is 13.2. The monoisotopic (exact) mass is 295 g/mol. The molecule has 0 aromatic carbocycles. The molecule has 0 aliphatic carbocycles. The number of carbonyl (C=O) groups excluding carboxylic acids is 1. The van der Waals surface area contributed by atoms with Crippen LogP contribution in [0.15, 0.2) is 24.5 Å². The number of amides is 1. The van der Waals surface area contributed by atoms with E-state index in [1.807, 2.05) is 0 Å². The van der Waals surface area contributed by atoms with Gasteiger partial charge >= 0.3 is 0 Å². The molecule has 2 N–H and O–H groups in total. The molecule has 0 spiro atoms. The molecule has 0 radical (unpaired) electrons. The lowest BCUT2D eigenvalue weighted by Crippen LogP contribution is -2.37. The van der Waals surface area contributed by atoms with E-state index < -0.39 is 0 Å². The molecule has 1 amide bonds. The van der Waals surface area contributed by atoms with Crippen LogP contribution in [0.2, 0.25) is 0 Å². The number of hydrogen-bond acceptors (Lipinski definition) is 3. The van der Waals surface area contributed by atoms with Crippen LogP contribution in [-0.4, -0.2) is 30.3 Å². The molecule has 21 heavy (non-hydrogen) atoms. The van der Waals surface area contributed by atoms with Crippen LogP contribution >= 0.6 is 0 Å². The van der Waals surface area contributed by atoms with E-state index in [9.17, 15) is 4.79 Å². The minimum Gasteiger partial charge on any atom is -0.490 e. The molecule has 4 heteroatoms. The highest BCUT2D eigenvalue weighted by Gasteiger charge is 2.39. The van der Waals surface area contributed by atoms with Gasteiger partial charge in [-0.05, 0) is 12.8 Å². The van der Waals surface area contributed by atoms with Gasteiger partial charge in [0.25, 0.3) is 0 Å². The largest absolute Gasteiger partial charge is 0.490 e. The van der Waals surface area contributed by atoms with E-state index in [-0.39, 0.29) is 31.1 Å². The molecule has 4 nitrogen and oxygen atoms in total. The summed E-state index contributed by atoms with van der Waals surface area (Å²) in [6, 6.07) is 0. The molecule has 0 bridgehead atoms. The number of unbranched alkanes of at least 4 members (excludes halogenated alkanes) is 5. The van der Waals surface area contributed by atoms with Crippen LogP contribution in [0.1, 0.15) is 51.9 Å². The highest BCUT2D eigenvalue weighted by atomic mass is 16.5. The molecule has 1 rings (SSSR count). The molecule has 1 heterocycles. The summed E-state index contributed by atoms with van der Waals surface area (Å²) in [7, 11) is 0. The smallest absolute Gasteiger partial charge is 0.231 e. The van der Waals surface area contributed by atoms with Crippen molar-refractivity contribution in [1.29, 1.82) is 0 Å². The fourth-order valence-corrected chi connectivity index (χ4v) is 2.69. The topological polar surface area (TPSA) is 58.6 Å². The predicted octanol–water partition coefficient (Wildman–Crippen LogP) is 2.93. The van der Waals surface area contributed by atoms with Gasteiger partial charge in [0.05, 0.1) is 6.61 Å². The molecular formula is C17H29NO3. The second-order valence-electron chi connectivity index (χ2n) is 5.65. The Labute approximate surface area is 128 Å². The summed E-state index contributed by atoms with van der Waals surface area (Å²) < 4.78 is 5.70. The first-order valence-corrected chi connectivity index (χ1v) is 8.05. The van der Waals surface area contributed by atoms with E-state index in [1.165, 1.54) is 32.1 Å². The van der Waals surface area contributed by atoms with Crippen LogP contribution in [0.5, 0.6) is 0 Å². The Hall–Kier alpha value is -1.29. The Balaban J connectivity index is 2.41. The van der Waals surface area contributed by atoms with Crippen molar-refractivity contribution in [2.24, 2.45) is 5.92 Å². The lowest BCUT2D eigenvalue weighted by Gasteiger charge is -2.17. The van der Waals surface area contributed by atoms with Gasteiger partial charge < -0.3 is 15.2 Å². The van der Waals surface area contributed by atoms with Gasteiger partial charge in [0.2, 0.25) is 5.91 Å². The molecule has 0 aromatic heterocycles. The first-order valence-electron chi connectivity index (χ1n) is 8.05. The van der Waals surface area contributed by atoms with E-state index in [2.05, 4.69) is 25.4 Å². The third-order valence-corrected chi connectivity index (χ3v) is 3.93. The predicted molar refractivity (Wildman–Crippen MR) is 84.7 cm³/mol. The van der Waals surface area contributed by atoms with Crippen molar-refractivity contribution in [2.75, 3.05) is 13.2 Å². The van der Waals surface area contributed by atoms with Crippen molar-refractivity contribution < 1.29 is 14.6 Å². The molecular weight excluding hydrogens is 266 g/mol. The van der Waals surface area contributed by atoms with E-state index in [4.69, 9.17) is 9.84 Å². The number of hydrogen-bond donors (Lipinski definition) is 2. The number of allylic oxidation sites excluding steroid dienone is 1. The summed E-state index contributed by atoms with van der Waals surface area (Å²) in [5.74, 6) is 0.0403. The average molecular weight is 295 g/mol. The van der Waals surface area contributed by atoms with E-state index in [0.29, 0.717) is 11.3 Å². The summed E-state index contributed by atoms with van der Waals surface area (Å²) in [5.41, 5.74) is 0.668. The van der Waals surface area contributed by atoms with Gasteiger partial charge in [0.15, 0.2) is 0 Å². The average Bonchev–Trinajstić information content (AvgIpc) is 2.75. The van der Waals surface area contributed by atoms with Crippen LogP contribution in [0.4, 0.5) is 0 Å². The molecule has 1 fully saturated rings. The number of aliphatic hydroxyl groups is 1. The zero-order chi connectivity index (χ0) is 15.7. The first kappa shape index (κ1) is 17.8. The number of ether oxygens (including phenoxy) is 1. The van der Waals surface area contributed by atoms with Gasteiger partial charge in [-0.15, -0.1) is 0 Å². The lowest BCUT2D eigenvalue weighted by molar-refractivity contribution is -0.125. The van der Waals surface area contributed by atoms with Crippen molar-refractivity contribution in [1.82, 2.24) is 5.32 Å². The van der Waals surface area contributed by atoms with Crippen LogP contribution < -0.4 is 5.32 Å². The SMILES string of the molecule is C=C1O[C@H](CCCCCCCC)C(C(=O)NCCO)C1=C. The van der Waals surface area contributed by atoms with Crippen LogP contribution in [0, 0.1) is 5.92 Å². The van der Waals surface area contributed by atoms with Gasteiger partial charge in [0.1, 0.15) is 17.8 Å². The molecule has 0 aromatic rings. The maximum atomic E-state index is 12.1.